The van der Waals surface area contributed by atoms with E-state index in [1.165, 1.54) is 6.08 Å². The first-order valence-electron chi connectivity index (χ1n) is 4.52. The highest BCUT2D eigenvalue weighted by atomic mass is 79.9. The van der Waals surface area contributed by atoms with Gasteiger partial charge in [-0.25, -0.2) is 4.79 Å². The van der Waals surface area contributed by atoms with Gasteiger partial charge in [0.2, 0.25) is 0 Å². The molecule has 0 aliphatic rings. The molecule has 2 nitrogen and oxygen atoms in total. The highest BCUT2D eigenvalue weighted by Gasteiger charge is 2.13. The molecule has 0 spiro atoms. The topological polar surface area (TPSA) is 26.3 Å². The Balaban J connectivity index is 2.55. The fourth-order valence-corrected chi connectivity index (χ4v) is 2.24. The maximum absolute atomic E-state index is 11.3. The fraction of sp³-hybridized carbons (Fsp3) is 0.364. The lowest BCUT2D eigenvalue weighted by molar-refractivity contribution is -0.148. The molecule has 0 aliphatic heterocycles. The largest absolute Gasteiger partial charge is 0.457 e. The van der Waals surface area contributed by atoms with Gasteiger partial charge in [-0.05, 0) is 48.8 Å². The van der Waals surface area contributed by atoms with Gasteiger partial charge >= 0.3 is 5.97 Å². The van der Waals surface area contributed by atoms with Crippen LogP contribution in [-0.2, 0) is 9.53 Å². The smallest absolute Gasteiger partial charge is 0.331 e. The Kier molecular flexibility index (Phi) is 4.11. The fourth-order valence-electron chi connectivity index (χ4n) is 0.902. The van der Waals surface area contributed by atoms with Crippen LogP contribution in [0.4, 0.5) is 0 Å². The normalized spacial score (nSPS) is 12.0. The molecule has 0 fully saturated rings. The molecule has 1 aromatic rings. The molecule has 1 rings (SSSR count). The van der Waals surface area contributed by atoms with Crippen LogP contribution in [0.15, 0.2) is 22.0 Å². The van der Waals surface area contributed by atoms with Gasteiger partial charge in [0.1, 0.15) is 5.60 Å². The van der Waals surface area contributed by atoms with E-state index >= 15 is 0 Å². The minimum absolute atomic E-state index is 0.313. The first kappa shape index (κ1) is 12.5. The van der Waals surface area contributed by atoms with Crippen molar-refractivity contribution >= 4 is 39.3 Å². The summed E-state index contributed by atoms with van der Waals surface area (Å²) in [6.07, 6.45) is 3.20. The zero-order valence-corrected chi connectivity index (χ0v) is 11.3. The second kappa shape index (κ2) is 4.94. The Morgan fingerprint density at radius 1 is 1.53 bits per heavy atom. The van der Waals surface area contributed by atoms with Gasteiger partial charge in [0.05, 0.1) is 0 Å². The summed E-state index contributed by atoms with van der Waals surface area (Å²) in [5.74, 6) is -0.313. The maximum Gasteiger partial charge on any atom is 0.331 e. The van der Waals surface area contributed by atoms with Crippen LogP contribution in [-0.4, -0.2) is 11.6 Å². The molecule has 0 aromatic carbocycles. The average molecular weight is 289 g/mol. The molecule has 0 saturated heterocycles. The molecule has 0 bridgehead atoms. The molecule has 0 atom stereocenters. The highest BCUT2D eigenvalue weighted by molar-refractivity contribution is 9.10. The molecule has 0 aliphatic carbocycles. The van der Waals surface area contributed by atoms with E-state index in [9.17, 15) is 4.79 Å². The van der Waals surface area contributed by atoms with E-state index in [1.807, 2.05) is 32.2 Å². The van der Waals surface area contributed by atoms with Gasteiger partial charge in [-0.1, -0.05) is 0 Å². The van der Waals surface area contributed by atoms with Gasteiger partial charge in [-0.15, -0.1) is 11.3 Å². The summed E-state index contributed by atoms with van der Waals surface area (Å²) < 4.78 is 6.16. The van der Waals surface area contributed by atoms with Crippen molar-refractivity contribution in [1.82, 2.24) is 0 Å². The van der Waals surface area contributed by atoms with E-state index in [-0.39, 0.29) is 5.97 Å². The summed E-state index contributed by atoms with van der Waals surface area (Å²) in [4.78, 5) is 12.3. The van der Waals surface area contributed by atoms with Crippen molar-refractivity contribution in [3.8, 4) is 0 Å². The van der Waals surface area contributed by atoms with Crippen molar-refractivity contribution in [2.75, 3.05) is 0 Å². The minimum Gasteiger partial charge on any atom is -0.457 e. The van der Waals surface area contributed by atoms with Crippen molar-refractivity contribution < 1.29 is 9.53 Å². The minimum atomic E-state index is -0.433. The van der Waals surface area contributed by atoms with Crippen molar-refractivity contribution in [3.05, 3.63) is 26.9 Å². The van der Waals surface area contributed by atoms with Gasteiger partial charge in [-0.3, -0.25) is 0 Å². The van der Waals surface area contributed by atoms with Crippen molar-refractivity contribution in [2.45, 2.75) is 26.4 Å². The van der Waals surface area contributed by atoms with Crippen LogP contribution in [0.5, 0.6) is 0 Å². The predicted molar refractivity (Wildman–Crippen MR) is 66.9 cm³/mol. The monoisotopic (exact) mass is 288 g/mol. The first-order valence-corrected chi connectivity index (χ1v) is 6.19. The Morgan fingerprint density at radius 3 is 2.67 bits per heavy atom. The second-order valence-electron chi connectivity index (χ2n) is 4.03. The summed E-state index contributed by atoms with van der Waals surface area (Å²) in [6.45, 7) is 5.54. The molecule has 0 amide bonds. The van der Waals surface area contributed by atoms with Crippen LogP contribution in [0.1, 0.15) is 25.6 Å². The number of hydrogen-bond acceptors (Lipinski definition) is 3. The van der Waals surface area contributed by atoms with Crippen LogP contribution in [0.25, 0.3) is 6.08 Å². The lowest BCUT2D eigenvalue weighted by Gasteiger charge is -2.17. The molecule has 0 unspecified atom stereocenters. The Morgan fingerprint density at radius 2 is 2.20 bits per heavy atom. The molecule has 0 saturated carbocycles. The van der Waals surface area contributed by atoms with E-state index in [0.717, 1.165) is 9.35 Å². The molecule has 1 heterocycles. The third kappa shape index (κ3) is 5.14. The molecule has 4 heteroatoms. The van der Waals surface area contributed by atoms with Gasteiger partial charge in [0, 0.05) is 20.8 Å². The summed E-state index contributed by atoms with van der Waals surface area (Å²) in [5, 5.41) is 1.97. The quantitative estimate of drug-likeness (QED) is 0.610. The number of thiophene rings is 1. The Labute approximate surface area is 102 Å². The van der Waals surface area contributed by atoms with Gasteiger partial charge in [0.15, 0.2) is 0 Å². The zero-order chi connectivity index (χ0) is 11.5. The number of rotatable bonds is 2. The average Bonchev–Trinajstić information content (AvgIpc) is 2.45. The predicted octanol–water partition coefficient (Wildman–Crippen LogP) is 3.87. The summed E-state index contributed by atoms with van der Waals surface area (Å²) in [6, 6.07) is 1.95. The standard InChI is InChI=1S/C11H13BrO2S/c1-11(2,3)14-10(13)5-4-9-6-8(12)7-15-9/h4-7H,1-3H3/b5-4+. The van der Waals surface area contributed by atoms with E-state index in [1.54, 1.807) is 17.4 Å². The van der Waals surface area contributed by atoms with Crippen LogP contribution in [0, 0.1) is 0 Å². The van der Waals surface area contributed by atoms with E-state index in [2.05, 4.69) is 15.9 Å². The van der Waals surface area contributed by atoms with Crippen molar-refractivity contribution in [2.24, 2.45) is 0 Å². The third-order valence-corrected chi connectivity index (χ3v) is 3.04. The number of ether oxygens (including phenoxy) is 1. The van der Waals surface area contributed by atoms with Crippen molar-refractivity contribution in [3.63, 3.8) is 0 Å². The van der Waals surface area contributed by atoms with E-state index in [0.29, 0.717) is 0 Å². The molecule has 15 heavy (non-hydrogen) atoms. The van der Waals surface area contributed by atoms with Crippen molar-refractivity contribution in [1.29, 1.82) is 0 Å². The summed E-state index contributed by atoms with van der Waals surface area (Å²) >= 11 is 4.92. The molecule has 1 aromatic heterocycles. The van der Waals surface area contributed by atoms with E-state index in [4.69, 9.17) is 4.74 Å². The molecule has 0 N–H and O–H groups in total. The summed E-state index contributed by atoms with van der Waals surface area (Å²) in [5.41, 5.74) is -0.433. The SMILES string of the molecule is CC(C)(C)OC(=O)/C=C/c1cc(Br)cs1. The van der Waals surface area contributed by atoms with Gasteiger partial charge in [-0.2, -0.15) is 0 Å². The number of halogens is 1. The number of hydrogen-bond donors (Lipinski definition) is 0. The number of carbonyl (C=O) groups is 1. The number of esters is 1. The van der Waals surface area contributed by atoms with E-state index < -0.39 is 5.60 Å². The van der Waals surface area contributed by atoms with Crippen LogP contribution >= 0.6 is 27.3 Å². The zero-order valence-electron chi connectivity index (χ0n) is 8.91. The molecule has 0 radical (unpaired) electrons. The van der Waals surface area contributed by atoms with Crippen LogP contribution < -0.4 is 0 Å². The molecular formula is C11H13BrO2S. The van der Waals surface area contributed by atoms with Gasteiger partial charge in [0.25, 0.3) is 0 Å². The first-order chi connectivity index (χ1) is 6.87. The lowest BCUT2D eigenvalue weighted by Crippen LogP contribution is -2.22. The van der Waals surface area contributed by atoms with Gasteiger partial charge < -0.3 is 4.74 Å². The molecular weight excluding hydrogens is 276 g/mol. The Hall–Kier alpha value is -0.610. The highest BCUT2D eigenvalue weighted by Crippen LogP contribution is 2.20. The Bertz CT molecular complexity index is 374. The number of carbonyl (C=O) groups excluding carboxylic acids is 1. The van der Waals surface area contributed by atoms with Crippen LogP contribution in [0.2, 0.25) is 0 Å². The molecule has 82 valence electrons. The maximum atomic E-state index is 11.3. The van der Waals surface area contributed by atoms with Crippen LogP contribution in [0.3, 0.4) is 0 Å². The third-order valence-electron chi connectivity index (χ3n) is 1.38. The second-order valence-corrected chi connectivity index (χ2v) is 5.89. The lowest BCUT2D eigenvalue weighted by atomic mass is 10.2. The summed E-state index contributed by atoms with van der Waals surface area (Å²) in [7, 11) is 0.